The summed E-state index contributed by atoms with van der Waals surface area (Å²) >= 11 is 0. The van der Waals surface area contributed by atoms with Crippen molar-refractivity contribution < 1.29 is 19.4 Å². The number of likely N-dealkylation sites (tertiary alicyclic amines) is 1. The molecule has 6 nitrogen and oxygen atoms in total. The van der Waals surface area contributed by atoms with Gasteiger partial charge in [-0.15, -0.1) is 0 Å². The predicted molar refractivity (Wildman–Crippen MR) is 114 cm³/mol. The minimum absolute atomic E-state index is 0.186. The third-order valence-electron chi connectivity index (χ3n) is 6.18. The highest BCUT2D eigenvalue weighted by Gasteiger charge is 2.44. The van der Waals surface area contributed by atoms with Crippen LogP contribution in [-0.4, -0.2) is 73.7 Å². The van der Waals surface area contributed by atoms with E-state index in [4.69, 9.17) is 14.6 Å². The number of rotatable bonds is 5. The summed E-state index contributed by atoms with van der Waals surface area (Å²) in [7, 11) is 6.08. The molecule has 1 heterocycles. The summed E-state index contributed by atoms with van der Waals surface area (Å²) in [6.45, 7) is 5.95. The standard InChI is InChI=1S/C22H34N2O2.CH2O2/c1-15(2)10-16-6-8-17(9-7-16)22(25)24-13-18-11-20(23(3)4)21(26-5)12-19(18)14-24;2-1-3/h6-9,15,18-21H,10-14H2,1-5H3;1H,(H,2,3)/t18-,19+,20-,21-;/m1./s1. The minimum atomic E-state index is -0.250. The minimum Gasteiger partial charge on any atom is -0.483 e. The molecule has 1 N–H and O–H groups in total. The molecule has 0 aromatic heterocycles. The molecule has 2 aliphatic rings. The lowest BCUT2D eigenvalue weighted by Crippen LogP contribution is -2.47. The van der Waals surface area contributed by atoms with Gasteiger partial charge in [0.05, 0.1) is 6.10 Å². The van der Waals surface area contributed by atoms with E-state index < -0.39 is 0 Å². The van der Waals surface area contributed by atoms with Crippen LogP contribution in [0.3, 0.4) is 0 Å². The quantitative estimate of drug-likeness (QED) is 0.764. The Labute approximate surface area is 174 Å². The van der Waals surface area contributed by atoms with Gasteiger partial charge in [0.2, 0.25) is 0 Å². The second-order valence-electron chi connectivity index (χ2n) is 8.91. The Morgan fingerprint density at radius 2 is 1.76 bits per heavy atom. The van der Waals surface area contributed by atoms with Crippen LogP contribution in [0.2, 0.25) is 0 Å². The monoisotopic (exact) mass is 404 g/mol. The first-order valence-electron chi connectivity index (χ1n) is 10.5. The lowest BCUT2D eigenvalue weighted by molar-refractivity contribution is -0.122. The maximum absolute atomic E-state index is 13.0. The summed E-state index contributed by atoms with van der Waals surface area (Å²) in [6, 6.07) is 8.68. The number of hydrogen-bond acceptors (Lipinski definition) is 4. The van der Waals surface area contributed by atoms with Crippen LogP contribution in [-0.2, 0) is 16.0 Å². The summed E-state index contributed by atoms with van der Waals surface area (Å²) in [5.41, 5.74) is 2.13. The Balaban J connectivity index is 0.000000941. The fourth-order valence-corrected chi connectivity index (χ4v) is 4.79. The van der Waals surface area contributed by atoms with Gasteiger partial charge in [-0.2, -0.15) is 0 Å². The van der Waals surface area contributed by atoms with Crippen molar-refractivity contribution in [3.05, 3.63) is 35.4 Å². The number of likely N-dealkylation sites (N-methyl/N-ethyl adjacent to an activating group) is 1. The molecule has 1 amide bonds. The van der Waals surface area contributed by atoms with Gasteiger partial charge in [0, 0.05) is 31.8 Å². The molecule has 1 aliphatic carbocycles. The van der Waals surface area contributed by atoms with E-state index in [0.29, 0.717) is 23.8 Å². The van der Waals surface area contributed by atoms with Crippen LogP contribution >= 0.6 is 0 Å². The molecule has 0 radical (unpaired) electrons. The third kappa shape index (κ3) is 6.03. The van der Waals surface area contributed by atoms with Gasteiger partial charge < -0.3 is 19.6 Å². The van der Waals surface area contributed by atoms with Crippen molar-refractivity contribution in [1.82, 2.24) is 9.80 Å². The van der Waals surface area contributed by atoms with Crippen molar-refractivity contribution >= 4 is 12.4 Å². The topological polar surface area (TPSA) is 70.1 Å². The Bertz CT molecular complexity index is 659. The van der Waals surface area contributed by atoms with E-state index in [-0.39, 0.29) is 18.5 Å². The highest BCUT2D eigenvalue weighted by molar-refractivity contribution is 5.94. The number of carbonyl (C=O) groups is 2. The Hall–Kier alpha value is -1.92. The zero-order chi connectivity index (χ0) is 21.6. The summed E-state index contributed by atoms with van der Waals surface area (Å²) in [6.07, 6.45) is 3.51. The molecule has 162 valence electrons. The molecule has 4 atom stereocenters. The maximum atomic E-state index is 13.0. The first kappa shape index (κ1) is 23.4. The average Bonchev–Trinajstić information content (AvgIpc) is 3.10. The van der Waals surface area contributed by atoms with E-state index >= 15 is 0 Å². The van der Waals surface area contributed by atoms with E-state index in [9.17, 15) is 4.79 Å². The molecular weight excluding hydrogens is 368 g/mol. The van der Waals surface area contributed by atoms with Crippen LogP contribution in [0.5, 0.6) is 0 Å². The molecule has 1 saturated heterocycles. The van der Waals surface area contributed by atoms with Crippen molar-refractivity contribution in [2.24, 2.45) is 17.8 Å². The van der Waals surface area contributed by atoms with Gasteiger partial charge in [0.25, 0.3) is 12.4 Å². The van der Waals surface area contributed by atoms with Crippen LogP contribution in [0.1, 0.15) is 42.6 Å². The largest absolute Gasteiger partial charge is 0.483 e. The van der Waals surface area contributed by atoms with E-state index in [1.54, 1.807) is 0 Å². The summed E-state index contributed by atoms with van der Waals surface area (Å²) in [5.74, 6) is 1.99. The number of benzene rings is 1. The SMILES string of the molecule is CO[C@@H]1C[C@H]2CN(C(=O)c3ccc(CC(C)C)cc3)C[C@H]2C[C@H]1N(C)C.O=CO. The van der Waals surface area contributed by atoms with Gasteiger partial charge in [-0.05, 0) is 68.8 Å². The maximum Gasteiger partial charge on any atom is 0.290 e. The molecule has 0 spiro atoms. The fourth-order valence-electron chi connectivity index (χ4n) is 4.79. The van der Waals surface area contributed by atoms with Crippen LogP contribution in [0.4, 0.5) is 0 Å². The number of nitrogens with zero attached hydrogens (tertiary/aromatic N) is 2. The molecule has 0 unspecified atom stereocenters. The Morgan fingerprint density at radius 1 is 1.21 bits per heavy atom. The van der Waals surface area contributed by atoms with Crippen LogP contribution in [0.25, 0.3) is 0 Å². The lowest BCUT2D eigenvalue weighted by Gasteiger charge is -2.40. The van der Waals surface area contributed by atoms with Crippen molar-refractivity contribution in [2.45, 2.75) is 45.3 Å². The van der Waals surface area contributed by atoms with Crippen molar-refractivity contribution in [3.63, 3.8) is 0 Å². The van der Waals surface area contributed by atoms with Crippen LogP contribution in [0.15, 0.2) is 24.3 Å². The highest BCUT2D eigenvalue weighted by atomic mass is 16.5. The normalized spacial score (nSPS) is 26.1. The zero-order valence-corrected chi connectivity index (χ0v) is 18.4. The van der Waals surface area contributed by atoms with Crippen LogP contribution < -0.4 is 0 Å². The molecule has 1 aromatic carbocycles. The number of hydrogen-bond donors (Lipinski definition) is 1. The second kappa shape index (κ2) is 10.7. The van der Waals surface area contributed by atoms with Gasteiger partial charge >= 0.3 is 0 Å². The Morgan fingerprint density at radius 3 is 2.24 bits per heavy atom. The molecule has 29 heavy (non-hydrogen) atoms. The van der Waals surface area contributed by atoms with Crippen molar-refractivity contribution in [3.8, 4) is 0 Å². The molecule has 2 fully saturated rings. The fraction of sp³-hybridized carbons (Fsp3) is 0.652. The first-order chi connectivity index (χ1) is 13.8. The number of ether oxygens (including phenoxy) is 1. The molecule has 0 bridgehead atoms. The van der Waals surface area contributed by atoms with E-state index in [1.165, 1.54) is 5.56 Å². The number of methoxy groups -OCH3 is 1. The van der Waals surface area contributed by atoms with Crippen molar-refractivity contribution in [1.29, 1.82) is 0 Å². The molecule has 3 rings (SSSR count). The molecule has 1 aromatic rings. The highest BCUT2D eigenvalue weighted by Crippen LogP contribution is 2.39. The van der Waals surface area contributed by atoms with Crippen LogP contribution in [0, 0.1) is 17.8 Å². The predicted octanol–water partition coefficient (Wildman–Crippen LogP) is 3.01. The smallest absolute Gasteiger partial charge is 0.290 e. The lowest BCUT2D eigenvalue weighted by atomic mass is 9.77. The number of amides is 1. The van der Waals surface area contributed by atoms with Gasteiger partial charge in [-0.3, -0.25) is 9.59 Å². The molecule has 6 heteroatoms. The number of fused-ring (bicyclic) bond motifs is 1. The van der Waals surface area contributed by atoms with Crippen molar-refractivity contribution in [2.75, 3.05) is 34.3 Å². The average molecular weight is 405 g/mol. The molecule has 1 saturated carbocycles. The Kier molecular flexibility index (Phi) is 8.65. The third-order valence-corrected chi connectivity index (χ3v) is 6.18. The van der Waals surface area contributed by atoms with E-state index in [1.807, 2.05) is 19.2 Å². The summed E-state index contributed by atoms with van der Waals surface area (Å²) in [4.78, 5) is 25.7. The van der Waals surface area contributed by atoms with Gasteiger partial charge in [-0.1, -0.05) is 26.0 Å². The zero-order valence-electron chi connectivity index (χ0n) is 18.4. The second-order valence-corrected chi connectivity index (χ2v) is 8.91. The summed E-state index contributed by atoms with van der Waals surface area (Å²) in [5, 5.41) is 6.89. The number of carboxylic acid groups (broad SMARTS) is 1. The summed E-state index contributed by atoms with van der Waals surface area (Å²) < 4.78 is 5.75. The first-order valence-corrected chi connectivity index (χ1v) is 10.5. The van der Waals surface area contributed by atoms with E-state index in [2.05, 4.69) is 49.9 Å². The van der Waals surface area contributed by atoms with Gasteiger partial charge in [0.1, 0.15) is 0 Å². The van der Waals surface area contributed by atoms with E-state index in [0.717, 1.165) is 37.9 Å². The van der Waals surface area contributed by atoms with Gasteiger partial charge in [-0.25, -0.2) is 0 Å². The molecular formula is C23H36N2O4. The number of carbonyl (C=O) groups excluding carboxylic acids is 1. The molecule has 1 aliphatic heterocycles. The van der Waals surface area contributed by atoms with Gasteiger partial charge in [0.15, 0.2) is 0 Å².